The molecular weight excluding hydrogens is 281 g/mol. The van der Waals surface area contributed by atoms with Crippen molar-refractivity contribution in [3.8, 4) is 11.5 Å². The molecule has 0 aliphatic rings. The lowest BCUT2D eigenvalue weighted by Gasteiger charge is -2.12. The summed E-state index contributed by atoms with van der Waals surface area (Å²) in [6, 6.07) is 12.0. The standard InChI is InChI=1S/C15H16FNO2.ClH/c1-18-15-8-11(9-17)6-7-14(15)19-10-12-4-2-3-5-13(12)16;/h2-8H,9-10,17H2,1H3;1H. The quantitative estimate of drug-likeness (QED) is 0.921. The van der Waals surface area contributed by atoms with Crippen LogP contribution in [0.25, 0.3) is 0 Å². The Morgan fingerprint density at radius 2 is 1.85 bits per heavy atom. The predicted octanol–water partition coefficient (Wildman–Crippen LogP) is 3.29. The Kier molecular flexibility index (Phi) is 6.28. The summed E-state index contributed by atoms with van der Waals surface area (Å²) >= 11 is 0. The van der Waals surface area contributed by atoms with E-state index in [4.69, 9.17) is 15.2 Å². The molecule has 2 N–H and O–H groups in total. The topological polar surface area (TPSA) is 44.5 Å². The lowest BCUT2D eigenvalue weighted by atomic mass is 10.2. The Morgan fingerprint density at radius 3 is 2.50 bits per heavy atom. The highest BCUT2D eigenvalue weighted by Gasteiger charge is 2.07. The fraction of sp³-hybridized carbons (Fsp3) is 0.200. The molecule has 2 rings (SSSR count). The molecule has 5 heteroatoms. The van der Waals surface area contributed by atoms with Gasteiger partial charge in [0.05, 0.1) is 7.11 Å². The predicted molar refractivity (Wildman–Crippen MR) is 78.9 cm³/mol. The van der Waals surface area contributed by atoms with Gasteiger partial charge in [-0.15, -0.1) is 12.4 Å². The van der Waals surface area contributed by atoms with Gasteiger partial charge in [0.2, 0.25) is 0 Å². The fourth-order valence-electron chi connectivity index (χ4n) is 1.73. The van der Waals surface area contributed by atoms with Crippen LogP contribution in [0.4, 0.5) is 4.39 Å². The summed E-state index contributed by atoms with van der Waals surface area (Å²) in [5, 5.41) is 0. The Hall–Kier alpha value is -1.78. The molecule has 2 aromatic carbocycles. The van der Waals surface area contributed by atoms with Crippen molar-refractivity contribution in [3.05, 3.63) is 59.4 Å². The lowest BCUT2D eigenvalue weighted by Crippen LogP contribution is -2.01. The minimum Gasteiger partial charge on any atom is -0.493 e. The molecule has 0 aromatic heterocycles. The smallest absolute Gasteiger partial charge is 0.161 e. The van der Waals surface area contributed by atoms with Gasteiger partial charge in [-0.1, -0.05) is 24.3 Å². The maximum Gasteiger partial charge on any atom is 0.161 e. The summed E-state index contributed by atoms with van der Waals surface area (Å²) in [7, 11) is 1.56. The van der Waals surface area contributed by atoms with Crippen LogP contribution < -0.4 is 15.2 Å². The first kappa shape index (κ1) is 16.3. The second-order valence-corrected chi connectivity index (χ2v) is 4.07. The molecule has 0 fully saturated rings. The second kappa shape index (κ2) is 7.72. The average molecular weight is 298 g/mol. The Labute approximate surface area is 123 Å². The lowest BCUT2D eigenvalue weighted by molar-refractivity contribution is 0.279. The molecule has 0 heterocycles. The molecule has 0 aliphatic heterocycles. The van der Waals surface area contributed by atoms with Crippen LogP contribution in [0.5, 0.6) is 11.5 Å². The van der Waals surface area contributed by atoms with E-state index in [0.717, 1.165) is 5.56 Å². The van der Waals surface area contributed by atoms with Crippen molar-refractivity contribution < 1.29 is 13.9 Å². The van der Waals surface area contributed by atoms with Gasteiger partial charge in [-0.05, 0) is 23.8 Å². The van der Waals surface area contributed by atoms with E-state index in [-0.39, 0.29) is 24.8 Å². The highest BCUT2D eigenvalue weighted by molar-refractivity contribution is 5.85. The zero-order valence-electron chi connectivity index (χ0n) is 11.1. The van der Waals surface area contributed by atoms with E-state index in [1.54, 1.807) is 31.4 Å². The maximum absolute atomic E-state index is 13.5. The van der Waals surface area contributed by atoms with Crippen LogP contribution in [0.3, 0.4) is 0 Å². The van der Waals surface area contributed by atoms with E-state index in [9.17, 15) is 4.39 Å². The molecule has 0 radical (unpaired) electrons. The minimum absolute atomic E-state index is 0. The van der Waals surface area contributed by atoms with Crippen LogP contribution in [0, 0.1) is 5.82 Å². The molecule has 0 unspecified atom stereocenters. The van der Waals surface area contributed by atoms with E-state index in [2.05, 4.69) is 0 Å². The van der Waals surface area contributed by atoms with Gasteiger partial charge >= 0.3 is 0 Å². The summed E-state index contributed by atoms with van der Waals surface area (Å²) in [6.45, 7) is 0.592. The first-order valence-electron chi connectivity index (χ1n) is 5.97. The van der Waals surface area contributed by atoms with E-state index in [1.807, 2.05) is 12.1 Å². The van der Waals surface area contributed by atoms with Crippen molar-refractivity contribution in [1.29, 1.82) is 0 Å². The summed E-state index contributed by atoms with van der Waals surface area (Å²) in [5.74, 6) is 0.891. The SMILES string of the molecule is COc1cc(CN)ccc1OCc1ccccc1F.Cl. The number of methoxy groups -OCH3 is 1. The van der Waals surface area contributed by atoms with E-state index >= 15 is 0 Å². The number of nitrogens with two attached hydrogens (primary N) is 1. The highest BCUT2D eigenvalue weighted by Crippen LogP contribution is 2.28. The molecule has 20 heavy (non-hydrogen) atoms. The minimum atomic E-state index is -0.278. The summed E-state index contributed by atoms with van der Waals surface area (Å²) in [5.41, 5.74) is 7.02. The van der Waals surface area contributed by atoms with Crippen LogP contribution in [-0.2, 0) is 13.2 Å². The maximum atomic E-state index is 13.5. The highest BCUT2D eigenvalue weighted by atomic mass is 35.5. The average Bonchev–Trinajstić information content (AvgIpc) is 2.46. The van der Waals surface area contributed by atoms with Crippen LogP contribution in [0.1, 0.15) is 11.1 Å². The molecular formula is C15H17ClFNO2. The normalized spacial score (nSPS) is 9.75. The zero-order valence-corrected chi connectivity index (χ0v) is 12.0. The molecule has 0 atom stereocenters. The summed E-state index contributed by atoms with van der Waals surface area (Å²) < 4.78 is 24.3. The fourth-order valence-corrected chi connectivity index (χ4v) is 1.73. The zero-order chi connectivity index (χ0) is 13.7. The summed E-state index contributed by atoms with van der Waals surface area (Å²) in [6.07, 6.45) is 0. The molecule has 0 aliphatic carbocycles. The largest absolute Gasteiger partial charge is 0.493 e. The second-order valence-electron chi connectivity index (χ2n) is 4.07. The van der Waals surface area contributed by atoms with Gasteiger partial charge in [0.15, 0.2) is 11.5 Å². The molecule has 108 valence electrons. The number of ether oxygens (including phenoxy) is 2. The molecule has 0 bridgehead atoms. The van der Waals surface area contributed by atoms with Crippen LogP contribution in [-0.4, -0.2) is 7.11 Å². The number of benzene rings is 2. The van der Waals surface area contributed by atoms with Crippen molar-refractivity contribution in [2.24, 2.45) is 5.73 Å². The van der Waals surface area contributed by atoms with Gasteiger partial charge in [-0.3, -0.25) is 0 Å². The Bertz CT molecular complexity index is 563. The van der Waals surface area contributed by atoms with Crippen LogP contribution in [0.2, 0.25) is 0 Å². The number of hydrogen-bond acceptors (Lipinski definition) is 3. The molecule has 0 saturated heterocycles. The van der Waals surface area contributed by atoms with E-state index in [1.165, 1.54) is 6.07 Å². The van der Waals surface area contributed by atoms with Gasteiger partial charge in [0.25, 0.3) is 0 Å². The molecule has 0 saturated carbocycles. The third kappa shape index (κ3) is 3.85. The van der Waals surface area contributed by atoms with Gasteiger partial charge in [-0.2, -0.15) is 0 Å². The Balaban J connectivity index is 0.00000200. The monoisotopic (exact) mass is 297 g/mol. The molecule has 2 aromatic rings. The molecule has 0 amide bonds. The van der Waals surface area contributed by atoms with E-state index in [0.29, 0.717) is 23.6 Å². The first-order valence-corrected chi connectivity index (χ1v) is 5.97. The summed E-state index contributed by atoms with van der Waals surface area (Å²) in [4.78, 5) is 0. The number of halogens is 2. The molecule has 0 spiro atoms. The van der Waals surface area contributed by atoms with Crippen molar-refractivity contribution in [2.45, 2.75) is 13.2 Å². The van der Waals surface area contributed by atoms with Crippen LogP contribution in [0.15, 0.2) is 42.5 Å². The van der Waals surface area contributed by atoms with Crippen molar-refractivity contribution in [3.63, 3.8) is 0 Å². The third-order valence-corrected chi connectivity index (χ3v) is 2.80. The van der Waals surface area contributed by atoms with Crippen LogP contribution >= 0.6 is 12.4 Å². The number of hydrogen-bond donors (Lipinski definition) is 1. The van der Waals surface area contributed by atoms with Gasteiger partial charge in [0, 0.05) is 12.1 Å². The van der Waals surface area contributed by atoms with E-state index < -0.39 is 0 Å². The number of rotatable bonds is 5. The first-order chi connectivity index (χ1) is 9.24. The van der Waals surface area contributed by atoms with Crippen molar-refractivity contribution in [1.82, 2.24) is 0 Å². The Morgan fingerprint density at radius 1 is 1.10 bits per heavy atom. The van der Waals surface area contributed by atoms with Crippen molar-refractivity contribution >= 4 is 12.4 Å². The van der Waals surface area contributed by atoms with Gasteiger partial charge in [-0.25, -0.2) is 4.39 Å². The van der Waals surface area contributed by atoms with Crippen molar-refractivity contribution in [2.75, 3.05) is 7.11 Å². The molecule has 3 nitrogen and oxygen atoms in total. The third-order valence-electron chi connectivity index (χ3n) is 2.80. The van der Waals surface area contributed by atoms with Gasteiger partial charge in [0.1, 0.15) is 12.4 Å². The van der Waals surface area contributed by atoms with Gasteiger partial charge < -0.3 is 15.2 Å².